The van der Waals surface area contributed by atoms with E-state index < -0.39 is 0 Å². The highest BCUT2D eigenvalue weighted by Gasteiger charge is 2.40. The van der Waals surface area contributed by atoms with Crippen LogP contribution >= 0.6 is 12.4 Å². The fourth-order valence-electron chi connectivity index (χ4n) is 4.07. The molecule has 0 spiro atoms. The maximum absolute atomic E-state index is 12.5. The van der Waals surface area contributed by atoms with Crippen LogP contribution in [0.3, 0.4) is 0 Å². The molecule has 2 aliphatic carbocycles. The molecule has 3 nitrogen and oxygen atoms in total. The van der Waals surface area contributed by atoms with Gasteiger partial charge in [0.05, 0.1) is 0 Å². The van der Waals surface area contributed by atoms with Crippen LogP contribution in [0.4, 0.5) is 5.69 Å². The van der Waals surface area contributed by atoms with Crippen LogP contribution in [0, 0.1) is 31.6 Å². The average Bonchev–Trinajstić information content (AvgIpc) is 2.42. The number of hydrogen-bond donors (Lipinski definition) is 2. The van der Waals surface area contributed by atoms with Crippen molar-refractivity contribution >= 4 is 24.0 Å². The molecule has 1 aromatic carbocycles. The van der Waals surface area contributed by atoms with Crippen LogP contribution in [0.1, 0.15) is 43.2 Å². The first kappa shape index (κ1) is 17.3. The molecule has 2 aliphatic rings. The van der Waals surface area contributed by atoms with Crippen LogP contribution in [-0.2, 0) is 4.79 Å². The van der Waals surface area contributed by atoms with Crippen LogP contribution in [0.5, 0.6) is 0 Å². The fraction of sp³-hybridized carbons (Fsp3) is 0.611. The Morgan fingerprint density at radius 2 is 1.77 bits per heavy atom. The highest BCUT2D eigenvalue weighted by Crippen LogP contribution is 2.42. The molecule has 1 amide bonds. The van der Waals surface area contributed by atoms with Crippen LogP contribution in [0.15, 0.2) is 18.2 Å². The lowest BCUT2D eigenvalue weighted by Gasteiger charge is -2.43. The van der Waals surface area contributed by atoms with Gasteiger partial charge in [-0.2, -0.15) is 0 Å². The van der Waals surface area contributed by atoms with Crippen molar-refractivity contribution in [3.8, 4) is 0 Å². The lowest BCUT2D eigenvalue weighted by Crippen LogP contribution is -2.48. The maximum atomic E-state index is 12.5. The first-order valence-electron chi connectivity index (χ1n) is 8.18. The van der Waals surface area contributed by atoms with E-state index in [4.69, 9.17) is 5.73 Å². The zero-order valence-electron chi connectivity index (χ0n) is 13.5. The zero-order chi connectivity index (χ0) is 15.0. The zero-order valence-corrected chi connectivity index (χ0v) is 14.3. The molecule has 0 heterocycles. The van der Waals surface area contributed by atoms with Crippen LogP contribution in [-0.4, -0.2) is 11.9 Å². The summed E-state index contributed by atoms with van der Waals surface area (Å²) in [6.07, 6.45) is 5.62. The molecule has 3 N–H and O–H groups in total. The lowest BCUT2D eigenvalue weighted by atomic mass is 9.65. The van der Waals surface area contributed by atoms with E-state index in [1.807, 2.05) is 6.07 Å². The first-order valence-corrected chi connectivity index (χ1v) is 8.18. The Balaban J connectivity index is 0.00000176. The molecule has 122 valence electrons. The van der Waals surface area contributed by atoms with E-state index >= 15 is 0 Å². The number of nitrogens with two attached hydrogens (primary N) is 1. The summed E-state index contributed by atoms with van der Waals surface area (Å²) < 4.78 is 0. The second-order valence-corrected chi connectivity index (χ2v) is 6.99. The average molecular weight is 323 g/mol. The Hall–Kier alpha value is -1.06. The van der Waals surface area contributed by atoms with Crippen molar-refractivity contribution in [1.82, 2.24) is 0 Å². The van der Waals surface area contributed by atoms with Crippen molar-refractivity contribution in [2.45, 2.75) is 52.0 Å². The van der Waals surface area contributed by atoms with E-state index in [9.17, 15) is 4.79 Å². The predicted octanol–water partition coefficient (Wildman–Crippen LogP) is 3.82. The number of amides is 1. The molecule has 0 aromatic heterocycles. The molecule has 0 radical (unpaired) electrons. The van der Waals surface area contributed by atoms with Gasteiger partial charge in [-0.3, -0.25) is 4.79 Å². The van der Waals surface area contributed by atoms with Gasteiger partial charge in [0.1, 0.15) is 0 Å². The summed E-state index contributed by atoms with van der Waals surface area (Å²) in [4.78, 5) is 12.5. The summed E-state index contributed by atoms with van der Waals surface area (Å²) in [7, 11) is 0. The molecular weight excluding hydrogens is 296 g/mol. The number of nitrogens with one attached hydrogen (secondary N) is 1. The van der Waals surface area contributed by atoms with Crippen LogP contribution in [0.2, 0.25) is 0 Å². The molecule has 3 rings (SSSR count). The summed E-state index contributed by atoms with van der Waals surface area (Å²) in [6.45, 7) is 4.17. The Morgan fingerprint density at radius 3 is 2.36 bits per heavy atom. The third kappa shape index (κ3) is 3.47. The van der Waals surface area contributed by atoms with Crippen molar-refractivity contribution in [2.75, 3.05) is 5.32 Å². The quantitative estimate of drug-likeness (QED) is 0.869. The molecule has 4 heteroatoms. The molecule has 2 unspecified atom stereocenters. The Morgan fingerprint density at radius 1 is 1.14 bits per heavy atom. The van der Waals surface area contributed by atoms with Crippen molar-refractivity contribution in [2.24, 2.45) is 23.5 Å². The van der Waals surface area contributed by atoms with Gasteiger partial charge in [-0.1, -0.05) is 12.5 Å². The van der Waals surface area contributed by atoms with Gasteiger partial charge in [-0.25, -0.2) is 0 Å². The number of hydrogen-bond acceptors (Lipinski definition) is 2. The molecule has 0 saturated heterocycles. The van der Waals surface area contributed by atoms with Crippen molar-refractivity contribution in [3.63, 3.8) is 0 Å². The Kier molecular flexibility index (Phi) is 5.51. The molecule has 2 bridgehead atoms. The molecule has 22 heavy (non-hydrogen) atoms. The van der Waals surface area contributed by atoms with Gasteiger partial charge >= 0.3 is 0 Å². The van der Waals surface area contributed by atoms with Gasteiger partial charge < -0.3 is 11.1 Å². The molecule has 2 fully saturated rings. The highest BCUT2D eigenvalue weighted by atomic mass is 35.5. The van der Waals surface area contributed by atoms with E-state index in [0.29, 0.717) is 17.9 Å². The SMILES string of the molecule is Cc1ccc(NC(=O)C2CC3CCCC(C2)C3N)cc1C.Cl. The number of carbonyl (C=O) groups excluding carboxylic acids is 1. The summed E-state index contributed by atoms with van der Waals surface area (Å²) in [5.41, 5.74) is 9.70. The van der Waals surface area contributed by atoms with Crippen molar-refractivity contribution < 1.29 is 4.79 Å². The number of halogens is 1. The van der Waals surface area contributed by atoms with E-state index in [1.165, 1.54) is 30.4 Å². The predicted molar refractivity (Wildman–Crippen MR) is 93.3 cm³/mol. The summed E-state index contributed by atoms with van der Waals surface area (Å²) in [6, 6.07) is 6.44. The Bertz CT molecular complexity index is 532. The number of anilines is 1. The number of benzene rings is 1. The number of aryl methyl sites for hydroxylation is 2. The van der Waals surface area contributed by atoms with Gasteiger partial charge in [0.15, 0.2) is 0 Å². The third-order valence-corrected chi connectivity index (χ3v) is 5.56. The molecular formula is C18H27ClN2O. The summed E-state index contributed by atoms with van der Waals surface area (Å²) in [5.74, 6) is 1.42. The van der Waals surface area contributed by atoms with Crippen molar-refractivity contribution in [3.05, 3.63) is 29.3 Å². The summed E-state index contributed by atoms with van der Waals surface area (Å²) in [5, 5.41) is 3.10. The maximum Gasteiger partial charge on any atom is 0.227 e. The molecule has 2 saturated carbocycles. The molecule has 0 aliphatic heterocycles. The highest BCUT2D eigenvalue weighted by molar-refractivity contribution is 5.92. The van der Waals surface area contributed by atoms with Crippen LogP contribution < -0.4 is 11.1 Å². The first-order chi connectivity index (χ1) is 10.0. The van der Waals surface area contributed by atoms with Crippen LogP contribution in [0.25, 0.3) is 0 Å². The second kappa shape index (κ2) is 7.01. The van der Waals surface area contributed by atoms with E-state index in [-0.39, 0.29) is 24.2 Å². The number of rotatable bonds is 2. The smallest absolute Gasteiger partial charge is 0.227 e. The minimum Gasteiger partial charge on any atom is -0.327 e. The summed E-state index contributed by atoms with van der Waals surface area (Å²) >= 11 is 0. The molecule has 2 atom stereocenters. The largest absolute Gasteiger partial charge is 0.327 e. The number of fused-ring (bicyclic) bond motifs is 2. The van der Waals surface area contributed by atoms with Gasteiger partial charge in [0.2, 0.25) is 5.91 Å². The minimum atomic E-state index is 0. The lowest BCUT2D eigenvalue weighted by molar-refractivity contribution is -0.122. The van der Waals surface area contributed by atoms with Gasteiger partial charge in [0, 0.05) is 17.6 Å². The standard InChI is InChI=1S/C18H26N2O.ClH/c1-11-6-7-16(8-12(11)2)20-18(21)15-9-13-4-3-5-14(10-15)17(13)19;/h6-8,13-15,17H,3-5,9-10,19H2,1-2H3,(H,20,21);1H. The third-order valence-electron chi connectivity index (χ3n) is 5.56. The second-order valence-electron chi connectivity index (χ2n) is 6.99. The number of carbonyl (C=O) groups is 1. The minimum absolute atomic E-state index is 0. The van der Waals surface area contributed by atoms with Gasteiger partial charge in [-0.05, 0) is 74.6 Å². The van der Waals surface area contributed by atoms with E-state index in [1.54, 1.807) is 0 Å². The monoisotopic (exact) mass is 322 g/mol. The fourth-order valence-corrected chi connectivity index (χ4v) is 4.07. The van der Waals surface area contributed by atoms with Crippen molar-refractivity contribution in [1.29, 1.82) is 0 Å². The van der Waals surface area contributed by atoms with Gasteiger partial charge in [-0.15, -0.1) is 12.4 Å². The van der Waals surface area contributed by atoms with E-state index in [2.05, 4.69) is 31.3 Å². The normalized spacial score (nSPS) is 30.3. The van der Waals surface area contributed by atoms with E-state index in [0.717, 1.165) is 18.5 Å². The Labute approximate surface area is 139 Å². The van der Waals surface area contributed by atoms with Gasteiger partial charge in [0.25, 0.3) is 0 Å². The topological polar surface area (TPSA) is 55.1 Å². The molecule has 1 aromatic rings.